The van der Waals surface area contributed by atoms with Gasteiger partial charge in [0.15, 0.2) is 0 Å². The smallest absolute Gasteiger partial charge is 0.123 e. The lowest BCUT2D eigenvalue weighted by Gasteiger charge is -2.15. The first-order valence-electron chi connectivity index (χ1n) is 6.21. The Bertz CT molecular complexity index is 524. The van der Waals surface area contributed by atoms with Gasteiger partial charge in [-0.1, -0.05) is 0 Å². The van der Waals surface area contributed by atoms with E-state index in [-0.39, 0.29) is 11.4 Å². The molecule has 5 heteroatoms. The first kappa shape index (κ1) is 14.0. The Morgan fingerprint density at radius 3 is 2.95 bits per heavy atom. The Labute approximate surface area is 115 Å². The van der Waals surface area contributed by atoms with Crippen molar-refractivity contribution in [3.8, 4) is 11.8 Å². The van der Waals surface area contributed by atoms with Crippen molar-refractivity contribution in [2.75, 3.05) is 13.7 Å². The molecule has 0 aliphatic carbocycles. The molecule has 1 heterocycles. The Balaban J connectivity index is 2.18. The topological polar surface area (TPSA) is 59.3 Å². The summed E-state index contributed by atoms with van der Waals surface area (Å²) >= 11 is 0. The molecule has 0 aromatic heterocycles. The fourth-order valence-corrected chi connectivity index (χ4v) is 3.89. The number of ether oxygens (including phenoxy) is 2. The highest BCUT2D eigenvalue weighted by Gasteiger charge is 2.30. The predicted molar refractivity (Wildman–Crippen MR) is 73.4 cm³/mol. The standard InChI is InChI=1S/C14H17NO3S/c1-10-14(5-6-18-10)19(16)9-12-7-11(8-15)3-4-13(12)17-2/h3-4,7,10,14H,5-6,9H2,1-2H3. The summed E-state index contributed by atoms with van der Waals surface area (Å²) in [5.41, 5.74) is 1.38. The molecule has 1 fully saturated rings. The van der Waals surface area contributed by atoms with Crippen LogP contribution >= 0.6 is 0 Å². The van der Waals surface area contributed by atoms with Crippen molar-refractivity contribution < 1.29 is 13.7 Å². The van der Waals surface area contributed by atoms with Crippen LogP contribution in [-0.2, 0) is 21.3 Å². The first-order valence-corrected chi connectivity index (χ1v) is 7.59. The maximum absolute atomic E-state index is 12.4. The van der Waals surface area contributed by atoms with Crippen LogP contribution in [0, 0.1) is 11.3 Å². The van der Waals surface area contributed by atoms with E-state index in [0.717, 1.165) is 12.0 Å². The van der Waals surface area contributed by atoms with Crippen LogP contribution in [-0.4, -0.2) is 29.3 Å². The van der Waals surface area contributed by atoms with Crippen LogP contribution in [0.25, 0.3) is 0 Å². The van der Waals surface area contributed by atoms with E-state index in [1.54, 1.807) is 25.3 Å². The van der Waals surface area contributed by atoms with Gasteiger partial charge in [0.05, 0.1) is 35.8 Å². The molecule has 0 spiro atoms. The van der Waals surface area contributed by atoms with E-state index in [2.05, 4.69) is 6.07 Å². The van der Waals surface area contributed by atoms with Gasteiger partial charge in [-0.2, -0.15) is 5.26 Å². The molecule has 1 aromatic carbocycles. The van der Waals surface area contributed by atoms with Crippen LogP contribution in [0.4, 0.5) is 0 Å². The Morgan fingerprint density at radius 1 is 1.58 bits per heavy atom. The summed E-state index contributed by atoms with van der Waals surface area (Å²) in [7, 11) is 0.566. The average Bonchev–Trinajstić information content (AvgIpc) is 2.85. The van der Waals surface area contributed by atoms with Crippen molar-refractivity contribution in [2.45, 2.75) is 30.5 Å². The van der Waals surface area contributed by atoms with Gasteiger partial charge in [-0.15, -0.1) is 0 Å². The molecule has 1 aliphatic heterocycles. The summed E-state index contributed by atoms with van der Waals surface area (Å²) in [5.74, 6) is 1.08. The highest BCUT2D eigenvalue weighted by Crippen LogP contribution is 2.26. The zero-order chi connectivity index (χ0) is 13.8. The van der Waals surface area contributed by atoms with Crippen molar-refractivity contribution >= 4 is 10.8 Å². The number of rotatable bonds is 4. The van der Waals surface area contributed by atoms with Crippen LogP contribution in [0.3, 0.4) is 0 Å². The third kappa shape index (κ3) is 3.14. The quantitative estimate of drug-likeness (QED) is 0.845. The van der Waals surface area contributed by atoms with Crippen molar-refractivity contribution in [1.29, 1.82) is 5.26 Å². The largest absolute Gasteiger partial charge is 0.496 e. The molecule has 3 unspecified atom stereocenters. The van der Waals surface area contributed by atoms with E-state index in [1.165, 1.54) is 0 Å². The molecule has 1 aromatic rings. The second-order valence-electron chi connectivity index (χ2n) is 4.57. The molecule has 0 amide bonds. The molecule has 0 radical (unpaired) electrons. The van der Waals surface area contributed by atoms with Crippen molar-refractivity contribution in [2.24, 2.45) is 0 Å². The third-order valence-electron chi connectivity index (χ3n) is 3.35. The minimum absolute atomic E-state index is 0.0333. The summed E-state index contributed by atoms with van der Waals surface area (Å²) in [4.78, 5) is 0. The molecule has 102 valence electrons. The average molecular weight is 279 g/mol. The lowest BCUT2D eigenvalue weighted by Crippen LogP contribution is -2.24. The van der Waals surface area contributed by atoms with E-state index in [0.29, 0.717) is 23.7 Å². The molecule has 3 atom stereocenters. The highest BCUT2D eigenvalue weighted by molar-refractivity contribution is 7.84. The van der Waals surface area contributed by atoms with Crippen LogP contribution in [0.2, 0.25) is 0 Å². The number of benzene rings is 1. The fraction of sp³-hybridized carbons (Fsp3) is 0.500. The number of nitrogens with zero attached hydrogens (tertiary/aromatic N) is 1. The lowest BCUT2D eigenvalue weighted by molar-refractivity contribution is 0.127. The number of hydrogen-bond donors (Lipinski definition) is 0. The molecule has 1 saturated heterocycles. The van der Waals surface area contributed by atoms with E-state index in [9.17, 15) is 4.21 Å². The molecule has 0 bridgehead atoms. The number of hydrogen-bond acceptors (Lipinski definition) is 4. The van der Waals surface area contributed by atoms with E-state index < -0.39 is 10.8 Å². The maximum atomic E-state index is 12.4. The number of nitriles is 1. The van der Waals surface area contributed by atoms with E-state index in [1.807, 2.05) is 6.92 Å². The Kier molecular flexibility index (Phi) is 4.56. The van der Waals surface area contributed by atoms with Crippen molar-refractivity contribution in [3.05, 3.63) is 29.3 Å². The van der Waals surface area contributed by atoms with Crippen LogP contribution in [0.5, 0.6) is 5.75 Å². The van der Waals surface area contributed by atoms with Crippen LogP contribution in [0.15, 0.2) is 18.2 Å². The highest BCUT2D eigenvalue weighted by atomic mass is 32.2. The minimum atomic E-state index is -1.01. The van der Waals surface area contributed by atoms with Gasteiger partial charge < -0.3 is 9.47 Å². The van der Waals surface area contributed by atoms with Crippen LogP contribution in [0.1, 0.15) is 24.5 Å². The van der Waals surface area contributed by atoms with Gasteiger partial charge in [0, 0.05) is 23.0 Å². The molecular weight excluding hydrogens is 262 g/mol. The summed E-state index contributed by atoms with van der Waals surface area (Å²) in [6, 6.07) is 7.29. The zero-order valence-corrected chi connectivity index (χ0v) is 11.9. The summed E-state index contributed by atoms with van der Waals surface area (Å²) < 4.78 is 23.1. The molecule has 0 saturated carbocycles. The summed E-state index contributed by atoms with van der Waals surface area (Å²) in [6.07, 6.45) is 0.861. The maximum Gasteiger partial charge on any atom is 0.123 e. The second-order valence-corrected chi connectivity index (χ2v) is 6.22. The zero-order valence-electron chi connectivity index (χ0n) is 11.1. The monoisotopic (exact) mass is 279 g/mol. The SMILES string of the molecule is COc1ccc(C#N)cc1CS(=O)C1CCOC1C. The van der Waals surface area contributed by atoms with E-state index >= 15 is 0 Å². The van der Waals surface area contributed by atoms with Crippen molar-refractivity contribution in [3.63, 3.8) is 0 Å². The summed E-state index contributed by atoms with van der Waals surface area (Å²) in [6.45, 7) is 2.63. The third-order valence-corrected chi connectivity index (χ3v) is 5.24. The summed E-state index contributed by atoms with van der Waals surface area (Å²) in [5, 5.41) is 8.99. The van der Waals surface area contributed by atoms with Crippen molar-refractivity contribution in [1.82, 2.24) is 0 Å². The molecule has 4 nitrogen and oxygen atoms in total. The number of methoxy groups -OCH3 is 1. The van der Waals surface area contributed by atoms with Gasteiger partial charge in [-0.25, -0.2) is 0 Å². The lowest BCUT2D eigenvalue weighted by atomic mass is 10.1. The fourth-order valence-electron chi connectivity index (χ4n) is 2.28. The molecule has 0 N–H and O–H groups in total. The molecular formula is C14H17NO3S. The van der Waals surface area contributed by atoms with Crippen LogP contribution < -0.4 is 4.74 Å². The predicted octanol–water partition coefficient (Wildman–Crippen LogP) is 1.99. The Morgan fingerprint density at radius 2 is 2.37 bits per heavy atom. The van der Waals surface area contributed by atoms with Gasteiger partial charge in [-0.3, -0.25) is 4.21 Å². The van der Waals surface area contributed by atoms with E-state index in [4.69, 9.17) is 14.7 Å². The Hall–Kier alpha value is -1.38. The second kappa shape index (κ2) is 6.18. The normalized spacial score (nSPS) is 23.8. The molecule has 2 rings (SSSR count). The molecule has 1 aliphatic rings. The van der Waals surface area contributed by atoms with Gasteiger partial charge >= 0.3 is 0 Å². The van der Waals surface area contributed by atoms with Gasteiger partial charge in [0.25, 0.3) is 0 Å². The van der Waals surface area contributed by atoms with Gasteiger partial charge in [-0.05, 0) is 31.5 Å². The minimum Gasteiger partial charge on any atom is -0.496 e. The van der Waals surface area contributed by atoms with Gasteiger partial charge in [0.1, 0.15) is 5.75 Å². The molecule has 19 heavy (non-hydrogen) atoms. The first-order chi connectivity index (χ1) is 9.15. The van der Waals surface area contributed by atoms with Gasteiger partial charge in [0.2, 0.25) is 0 Å².